The summed E-state index contributed by atoms with van der Waals surface area (Å²) in [6.45, 7) is 1.87. The number of fused-ring (bicyclic) bond motifs is 1. The Morgan fingerprint density at radius 1 is 0.690 bits per heavy atom. The van der Waals surface area contributed by atoms with Gasteiger partial charge in [0, 0.05) is 16.5 Å². The van der Waals surface area contributed by atoms with Gasteiger partial charge in [0.2, 0.25) is 0 Å². The molecule has 0 unspecified atom stereocenters. The minimum atomic E-state index is -0.143. The molecule has 6 aromatic rings. The summed E-state index contributed by atoms with van der Waals surface area (Å²) >= 11 is 0. The molecule has 0 saturated carbocycles. The molecule has 0 spiro atoms. The fourth-order valence-corrected chi connectivity index (χ4v) is 5.01. The highest BCUT2D eigenvalue weighted by molar-refractivity contribution is 5.93. The Kier molecular flexibility index (Phi) is 7.35. The first-order valence-corrected chi connectivity index (χ1v) is 13.6. The third kappa shape index (κ3) is 5.18. The van der Waals surface area contributed by atoms with Crippen molar-refractivity contribution in [3.8, 4) is 39.8 Å². The number of pyridine rings is 1. The highest BCUT2D eigenvalue weighted by Gasteiger charge is 2.16. The molecular weight excluding hydrogens is 522 g/mol. The number of hydrogen-bond donors (Lipinski definition) is 0. The predicted molar refractivity (Wildman–Crippen MR) is 169 cm³/mol. The summed E-state index contributed by atoms with van der Waals surface area (Å²) in [5, 5.41) is 0.915. The maximum Gasteiger partial charge on any atom is 0.265 e. The monoisotopic (exact) mass is 551 g/mol. The fourth-order valence-electron chi connectivity index (χ4n) is 5.01. The molecular formula is C36H29N3O3. The summed E-state index contributed by atoms with van der Waals surface area (Å²) < 4.78 is 12.5. The quantitative estimate of drug-likeness (QED) is 0.204. The maximum atomic E-state index is 14.1. The van der Waals surface area contributed by atoms with E-state index in [1.807, 2.05) is 128 Å². The third-order valence-electron chi connectivity index (χ3n) is 7.22. The van der Waals surface area contributed by atoms with Crippen molar-refractivity contribution in [2.45, 2.75) is 6.92 Å². The van der Waals surface area contributed by atoms with Gasteiger partial charge in [0.1, 0.15) is 17.3 Å². The van der Waals surface area contributed by atoms with Crippen molar-refractivity contribution in [2.75, 3.05) is 14.2 Å². The lowest BCUT2D eigenvalue weighted by Gasteiger charge is -2.15. The molecule has 0 saturated heterocycles. The van der Waals surface area contributed by atoms with Gasteiger partial charge in [-0.2, -0.15) is 0 Å². The molecule has 206 valence electrons. The molecule has 0 aliphatic rings. The Morgan fingerprint density at radius 2 is 1.36 bits per heavy atom. The van der Waals surface area contributed by atoms with E-state index in [0.29, 0.717) is 17.1 Å². The number of rotatable bonds is 7. The number of para-hydroxylation sites is 1. The number of hydrogen-bond acceptors (Lipinski definition) is 5. The van der Waals surface area contributed by atoms with Crippen LogP contribution in [-0.2, 0) is 0 Å². The van der Waals surface area contributed by atoms with Crippen LogP contribution in [-0.4, -0.2) is 28.8 Å². The van der Waals surface area contributed by atoms with E-state index >= 15 is 0 Å². The number of aromatic nitrogens is 3. The summed E-state index contributed by atoms with van der Waals surface area (Å²) in [5.41, 5.74) is 6.13. The zero-order valence-corrected chi connectivity index (χ0v) is 23.6. The van der Waals surface area contributed by atoms with Gasteiger partial charge in [-0.05, 0) is 79.2 Å². The third-order valence-corrected chi connectivity index (χ3v) is 7.22. The minimum Gasteiger partial charge on any atom is -0.497 e. The van der Waals surface area contributed by atoms with Gasteiger partial charge in [0.05, 0.1) is 42.4 Å². The van der Waals surface area contributed by atoms with Gasteiger partial charge in [-0.1, -0.05) is 54.6 Å². The zero-order valence-electron chi connectivity index (χ0n) is 23.6. The van der Waals surface area contributed by atoms with Crippen molar-refractivity contribution >= 4 is 23.1 Å². The Balaban J connectivity index is 1.53. The lowest BCUT2D eigenvalue weighted by atomic mass is 10.0. The van der Waals surface area contributed by atoms with Gasteiger partial charge in [-0.15, -0.1) is 0 Å². The van der Waals surface area contributed by atoms with Crippen molar-refractivity contribution in [1.82, 2.24) is 14.5 Å². The smallest absolute Gasteiger partial charge is 0.265 e. The van der Waals surface area contributed by atoms with Crippen LogP contribution in [0, 0.1) is 6.92 Å². The molecule has 0 aliphatic carbocycles. The zero-order chi connectivity index (χ0) is 29.1. The first-order chi connectivity index (χ1) is 20.6. The predicted octanol–water partition coefficient (Wildman–Crippen LogP) is 7.61. The van der Waals surface area contributed by atoms with Gasteiger partial charge in [-0.3, -0.25) is 9.36 Å². The molecule has 0 aliphatic heterocycles. The molecule has 0 radical (unpaired) electrons. The van der Waals surface area contributed by atoms with E-state index in [9.17, 15) is 4.79 Å². The summed E-state index contributed by atoms with van der Waals surface area (Å²) in [7, 11) is 3.29. The van der Waals surface area contributed by atoms with Gasteiger partial charge in [0.25, 0.3) is 5.56 Å². The number of aryl methyl sites for hydroxylation is 1. The molecule has 6 nitrogen and oxygen atoms in total. The van der Waals surface area contributed by atoms with Crippen molar-refractivity contribution in [3.63, 3.8) is 0 Å². The highest BCUT2D eigenvalue weighted by Crippen LogP contribution is 2.30. The van der Waals surface area contributed by atoms with Gasteiger partial charge < -0.3 is 9.47 Å². The second-order valence-corrected chi connectivity index (χ2v) is 9.82. The molecule has 0 N–H and O–H groups in total. The normalized spacial score (nSPS) is 11.2. The topological polar surface area (TPSA) is 66.2 Å². The van der Waals surface area contributed by atoms with Gasteiger partial charge >= 0.3 is 0 Å². The van der Waals surface area contributed by atoms with Crippen LogP contribution in [0.5, 0.6) is 11.5 Å². The van der Waals surface area contributed by atoms with Crippen LogP contribution in [0.15, 0.2) is 114 Å². The minimum absolute atomic E-state index is 0.143. The van der Waals surface area contributed by atoms with E-state index in [-0.39, 0.29) is 5.56 Å². The van der Waals surface area contributed by atoms with Crippen molar-refractivity contribution in [3.05, 3.63) is 136 Å². The van der Waals surface area contributed by atoms with Crippen molar-refractivity contribution in [1.29, 1.82) is 0 Å². The number of benzene rings is 4. The SMILES string of the molecule is COc1ccc(-c2cc(/C=C/c3c(C)nc(-c4ccccc4)n(-c4ccccc4)c3=O)c3cc(OC)ccc3n2)cc1. The molecule has 0 fully saturated rings. The standard InChI is InChI=1S/C36H29N3O3/c1-24-31(36(40)39(28-12-8-5-9-13-28)35(37-24)26-10-6-4-7-11-26)20-16-27-22-34(25-14-17-29(41-2)18-15-25)38-33-21-19-30(42-3)23-32(27)33/h4-23H,1-3H3/b20-16+. The fraction of sp³-hybridized carbons (Fsp3) is 0.0833. The Morgan fingerprint density at radius 3 is 2.05 bits per heavy atom. The largest absolute Gasteiger partial charge is 0.497 e. The first-order valence-electron chi connectivity index (χ1n) is 13.6. The number of nitrogens with zero attached hydrogens (tertiary/aromatic N) is 3. The average Bonchev–Trinajstić information content (AvgIpc) is 3.04. The van der Waals surface area contributed by atoms with Gasteiger partial charge in [-0.25, -0.2) is 9.97 Å². The molecule has 0 bridgehead atoms. The summed E-state index contributed by atoms with van der Waals surface area (Å²) in [5.74, 6) is 2.11. The maximum absolute atomic E-state index is 14.1. The Labute approximate surface area is 244 Å². The van der Waals surface area contributed by atoms with Crippen LogP contribution >= 0.6 is 0 Å². The summed E-state index contributed by atoms with van der Waals surface area (Å²) in [6, 6.07) is 35.0. The lowest BCUT2D eigenvalue weighted by Crippen LogP contribution is -2.25. The second-order valence-electron chi connectivity index (χ2n) is 9.82. The molecule has 2 aromatic heterocycles. The number of ether oxygens (including phenoxy) is 2. The van der Waals surface area contributed by atoms with Crippen LogP contribution in [0.2, 0.25) is 0 Å². The second kappa shape index (κ2) is 11.6. The van der Waals surface area contributed by atoms with Crippen LogP contribution in [0.4, 0.5) is 0 Å². The summed E-state index contributed by atoms with van der Waals surface area (Å²) in [6.07, 6.45) is 3.81. The molecule has 6 rings (SSSR count). The lowest BCUT2D eigenvalue weighted by molar-refractivity contribution is 0.415. The van der Waals surface area contributed by atoms with E-state index < -0.39 is 0 Å². The molecule has 2 heterocycles. The van der Waals surface area contributed by atoms with Crippen LogP contribution in [0.1, 0.15) is 16.8 Å². The Hall–Kier alpha value is -5.49. The molecule has 0 atom stereocenters. The average molecular weight is 552 g/mol. The van der Waals surface area contributed by atoms with Crippen molar-refractivity contribution in [2.24, 2.45) is 0 Å². The molecule has 42 heavy (non-hydrogen) atoms. The number of methoxy groups -OCH3 is 2. The molecule has 4 aromatic carbocycles. The molecule has 0 amide bonds. The van der Waals surface area contributed by atoms with Gasteiger partial charge in [0.15, 0.2) is 0 Å². The van der Waals surface area contributed by atoms with E-state index in [1.54, 1.807) is 18.8 Å². The van der Waals surface area contributed by atoms with Crippen molar-refractivity contribution < 1.29 is 9.47 Å². The molecule has 6 heteroatoms. The van der Waals surface area contributed by atoms with E-state index in [4.69, 9.17) is 19.4 Å². The highest BCUT2D eigenvalue weighted by atomic mass is 16.5. The summed E-state index contributed by atoms with van der Waals surface area (Å²) in [4.78, 5) is 24.0. The Bertz CT molecular complexity index is 1960. The van der Waals surface area contributed by atoms with Crippen LogP contribution in [0.3, 0.4) is 0 Å². The van der Waals surface area contributed by atoms with E-state index in [2.05, 4.69) is 0 Å². The van der Waals surface area contributed by atoms with Crippen LogP contribution < -0.4 is 15.0 Å². The van der Waals surface area contributed by atoms with E-state index in [0.717, 1.165) is 50.5 Å². The van der Waals surface area contributed by atoms with E-state index in [1.165, 1.54) is 0 Å². The van der Waals surface area contributed by atoms with Crippen LogP contribution in [0.25, 0.3) is 51.4 Å². The first kappa shape index (κ1) is 26.7.